The van der Waals surface area contributed by atoms with Gasteiger partial charge in [-0.25, -0.2) is 15.0 Å². The summed E-state index contributed by atoms with van der Waals surface area (Å²) in [7, 11) is 0. The van der Waals surface area contributed by atoms with Crippen LogP contribution in [0.5, 0.6) is 0 Å². The van der Waals surface area contributed by atoms with E-state index >= 15 is 0 Å². The number of hydrogen-bond acceptors (Lipinski definition) is 3. The third-order valence-electron chi connectivity index (χ3n) is 20.8. The zero-order valence-corrected chi connectivity index (χ0v) is 51.1. The summed E-state index contributed by atoms with van der Waals surface area (Å²) in [4.78, 5) is 19.4. The van der Waals surface area contributed by atoms with Crippen LogP contribution in [0.15, 0.2) is 303 Å². The molecule has 0 spiro atoms. The highest BCUT2D eigenvalue weighted by molar-refractivity contribution is 6.10. The first-order valence-electron chi connectivity index (χ1n) is 32.0. The highest BCUT2D eigenvalue weighted by atomic mass is 15.1. The Kier molecular flexibility index (Phi) is 11.1. The summed E-state index contributed by atoms with van der Waals surface area (Å²) in [5, 5.41) is 4.84. The molecule has 5 nitrogen and oxygen atoms in total. The van der Waals surface area contributed by atoms with E-state index in [1.807, 2.05) is 0 Å². The Bertz CT molecular complexity index is 5320. The summed E-state index contributed by atoms with van der Waals surface area (Å²) in [5.74, 6) is 1.96. The van der Waals surface area contributed by atoms with Gasteiger partial charge in [0.1, 0.15) is 16.2 Å². The molecule has 5 heteroatoms. The van der Waals surface area contributed by atoms with E-state index in [1.54, 1.807) is 0 Å². The van der Waals surface area contributed by atoms with Crippen molar-refractivity contribution in [3.05, 3.63) is 388 Å². The van der Waals surface area contributed by atoms with Gasteiger partial charge in [-0.2, -0.15) is 0 Å². The molecule has 0 bridgehead atoms. The largest absolute Gasteiger partial charge is 0.309 e. The molecule has 0 N–H and O–H groups in total. The molecule has 3 aliphatic carbocycles. The summed E-state index contributed by atoms with van der Waals surface area (Å²) >= 11 is 0. The number of para-hydroxylation sites is 4. The van der Waals surface area contributed by atoms with Crippen molar-refractivity contribution in [2.24, 2.45) is 0 Å². The van der Waals surface area contributed by atoms with Crippen molar-refractivity contribution in [3.63, 3.8) is 0 Å². The predicted octanol–water partition coefficient (Wildman–Crippen LogP) is 20.1. The molecule has 92 heavy (non-hydrogen) atoms. The van der Waals surface area contributed by atoms with Gasteiger partial charge in [-0.1, -0.05) is 271 Å². The zero-order chi connectivity index (χ0) is 61.0. The molecule has 0 fully saturated rings. The second-order valence-corrected chi connectivity index (χ2v) is 25.5. The van der Waals surface area contributed by atoms with Crippen LogP contribution in [0.2, 0.25) is 0 Å². The van der Waals surface area contributed by atoms with E-state index in [4.69, 9.17) is 15.0 Å². The molecule has 432 valence electrons. The van der Waals surface area contributed by atoms with E-state index in [-0.39, 0.29) is 0 Å². The van der Waals surface area contributed by atoms with Gasteiger partial charge in [0.15, 0.2) is 17.5 Å². The van der Waals surface area contributed by atoms with Crippen molar-refractivity contribution < 1.29 is 0 Å². The van der Waals surface area contributed by atoms with Crippen molar-refractivity contribution in [3.8, 4) is 44.8 Å². The molecule has 3 heterocycles. The SMILES string of the molecule is Cc1ccc(C2(c3nc(C4(c5ccc(C)cc5)c5ccccc5-c5ccc(-n6c7ccccc7c7ccccc76)cc54)nc(C4(c5ccc(C)cc5)c5ccccc5-c5ccc(-n6c7ccccc7c7ccccc76)cc54)n3)c3ccccc3-c3ccccc32)cc1. The standard InChI is InChI=1S/C87H59N5/c1-54-36-42-57(43-37-54)85(72-28-12-4-20-62(72)63-21-5-13-29-73(63)85)82-88-83(86(58-44-38-55(2)39-45-58)74-30-14-6-22-64(74)66-50-48-60(52-76(66)86)91-78-32-16-8-24-68(78)69-25-9-17-33-79(69)91)90-84(89-82)87(59-46-40-56(3)41-47-59)75-31-15-7-23-65(75)67-51-49-61(53-77(67)87)92-80-34-18-10-26-70(80)71-27-11-19-35-81(71)92/h4-53H,1-3H3. The van der Waals surface area contributed by atoms with Crippen LogP contribution >= 0.6 is 0 Å². The van der Waals surface area contributed by atoms with E-state index in [0.717, 1.165) is 117 Å². The van der Waals surface area contributed by atoms with E-state index < -0.39 is 16.2 Å². The first kappa shape index (κ1) is 52.4. The van der Waals surface area contributed by atoms with E-state index in [2.05, 4.69) is 333 Å². The first-order valence-corrected chi connectivity index (χ1v) is 32.0. The van der Waals surface area contributed by atoms with E-state index in [0.29, 0.717) is 17.5 Å². The molecule has 0 aliphatic heterocycles. The van der Waals surface area contributed by atoms with Gasteiger partial charge in [0.25, 0.3) is 0 Å². The lowest BCUT2D eigenvalue weighted by Gasteiger charge is -2.38. The topological polar surface area (TPSA) is 48.5 Å². The van der Waals surface area contributed by atoms with Crippen LogP contribution in [0, 0.1) is 20.8 Å². The van der Waals surface area contributed by atoms with Crippen molar-refractivity contribution in [1.82, 2.24) is 24.1 Å². The van der Waals surface area contributed by atoms with Crippen LogP contribution in [0.25, 0.3) is 88.4 Å². The van der Waals surface area contributed by atoms with Gasteiger partial charge in [-0.3, -0.25) is 0 Å². The third kappa shape index (κ3) is 6.94. The fourth-order valence-electron chi connectivity index (χ4n) is 16.8. The quantitative estimate of drug-likeness (QED) is 0.152. The van der Waals surface area contributed by atoms with Crippen LogP contribution in [0.4, 0.5) is 0 Å². The Labute approximate surface area is 533 Å². The maximum absolute atomic E-state index is 6.51. The molecule has 0 amide bonds. The number of aryl methyl sites for hydroxylation is 3. The highest BCUT2D eigenvalue weighted by Gasteiger charge is 2.56. The fourth-order valence-corrected chi connectivity index (χ4v) is 16.8. The molecule has 13 aromatic carbocycles. The number of nitrogens with zero attached hydrogens (tertiary/aromatic N) is 5. The minimum atomic E-state index is -1.12. The molecule has 3 aromatic heterocycles. The van der Waals surface area contributed by atoms with Gasteiger partial charge in [0.2, 0.25) is 0 Å². The molecule has 3 aliphatic rings. The minimum Gasteiger partial charge on any atom is -0.309 e. The number of fused-ring (bicyclic) bond motifs is 15. The molecule has 16 aromatic rings. The van der Waals surface area contributed by atoms with Crippen molar-refractivity contribution in [2.45, 2.75) is 37.0 Å². The molecular formula is C87H59N5. The van der Waals surface area contributed by atoms with Crippen molar-refractivity contribution in [1.29, 1.82) is 0 Å². The van der Waals surface area contributed by atoms with E-state index in [1.165, 1.54) is 38.2 Å². The Morgan fingerprint density at radius 2 is 0.467 bits per heavy atom. The second-order valence-electron chi connectivity index (χ2n) is 25.5. The maximum atomic E-state index is 6.51. The molecule has 19 rings (SSSR count). The lowest BCUT2D eigenvalue weighted by atomic mass is 9.68. The predicted molar refractivity (Wildman–Crippen MR) is 375 cm³/mol. The molecule has 0 saturated carbocycles. The van der Waals surface area contributed by atoms with Gasteiger partial charge >= 0.3 is 0 Å². The summed E-state index contributed by atoms with van der Waals surface area (Å²) in [6.45, 7) is 6.54. The molecular weight excluding hydrogens is 1110 g/mol. The van der Waals surface area contributed by atoms with Gasteiger partial charge in [0, 0.05) is 32.9 Å². The number of rotatable bonds is 8. The number of benzene rings is 13. The van der Waals surface area contributed by atoms with Gasteiger partial charge < -0.3 is 9.13 Å². The van der Waals surface area contributed by atoms with Gasteiger partial charge in [-0.05, 0) is 153 Å². The van der Waals surface area contributed by atoms with Crippen molar-refractivity contribution in [2.75, 3.05) is 0 Å². The molecule has 0 saturated heterocycles. The summed E-state index contributed by atoms with van der Waals surface area (Å²) in [6.07, 6.45) is 0. The molecule has 0 radical (unpaired) electrons. The molecule has 2 unspecified atom stereocenters. The maximum Gasteiger partial charge on any atom is 0.152 e. The fraction of sp³-hybridized carbons (Fsp3) is 0.0690. The normalized spacial score (nSPS) is 16.4. The Morgan fingerprint density at radius 1 is 0.228 bits per heavy atom. The van der Waals surface area contributed by atoms with Crippen molar-refractivity contribution >= 4 is 43.6 Å². The Hall–Kier alpha value is -11.5. The highest BCUT2D eigenvalue weighted by Crippen LogP contribution is 2.62. The summed E-state index contributed by atoms with van der Waals surface area (Å²) in [5.41, 5.74) is 23.7. The van der Waals surface area contributed by atoms with Gasteiger partial charge in [-0.15, -0.1) is 0 Å². The average molecular weight is 1170 g/mol. The monoisotopic (exact) mass is 1170 g/mol. The van der Waals surface area contributed by atoms with Crippen LogP contribution in [0.1, 0.15) is 84.2 Å². The van der Waals surface area contributed by atoms with E-state index in [9.17, 15) is 0 Å². The van der Waals surface area contributed by atoms with Crippen LogP contribution < -0.4 is 0 Å². The van der Waals surface area contributed by atoms with Crippen LogP contribution in [-0.4, -0.2) is 24.1 Å². The average Bonchev–Trinajstić information content (AvgIpc) is 1.47. The minimum absolute atomic E-state index is 0.649. The molecule has 2 atom stereocenters. The lowest BCUT2D eigenvalue weighted by Crippen LogP contribution is -2.40. The van der Waals surface area contributed by atoms with Gasteiger partial charge in [0.05, 0.1) is 22.1 Å². The number of hydrogen-bond donors (Lipinski definition) is 0. The Morgan fingerprint density at radius 3 is 0.761 bits per heavy atom. The summed E-state index contributed by atoms with van der Waals surface area (Å²) in [6, 6.07) is 113. The smallest absolute Gasteiger partial charge is 0.152 e. The first-order chi connectivity index (χ1) is 45.3. The summed E-state index contributed by atoms with van der Waals surface area (Å²) < 4.78 is 4.90. The zero-order valence-electron chi connectivity index (χ0n) is 51.1. The lowest BCUT2D eigenvalue weighted by molar-refractivity contribution is 0.581. The van der Waals surface area contributed by atoms with Crippen LogP contribution in [-0.2, 0) is 16.2 Å². The number of aromatic nitrogens is 5. The second kappa shape index (κ2) is 19.5. The Balaban J connectivity index is 1.01. The third-order valence-corrected chi connectivity index (χ3v) is 20.8. The van der Waals surface area contributed by atoms with Crippen LogP contribution in [0.3, 0.4) is 0 Å².